The smallest absolute Gasteiger partial charge is 0.273 e. The SMILES string of the molecule is Cc1ccc(N2C(=O)NC(=O)/C(=C\c3ccc(C#N)cc3)C2=O)cc1C. The zero-order valence-electron chi connectivity index (χ0n) is 14.2. The van der Waals surface area contributed by atoms with Gasteiger partial charge in [-0.05, 0) is 60.9 Å². The molecule has 0 bridgehead atoms. The molecule has 1 aliphatic rings. The predicted molar refractivity (Wildman–Crippen MR) is 96.1 cm³/mol. The van der Waals surface area contributed by atoms with Crippen molar-refractivity contribution in [3.05, 3.63) is 70.3 Å². The Bertz CT molecular complexity index is 998. The number of hydrogen-bond donors (Lipinski definition) is 1. The second-order valence-corrected chi connectivity index (χ2v) is 5.96. The summed E-state index contributed by atoms with van der Waals surface area (Å²) in [6.45, 7) is 3.81. The van der Waals surface area contributed by atoms with Crippen LogP contribution in [0.5, 0.6) is 0 Å². The topological polar surface area (TPSA) is 90.3 Å². The molecule has 0 unspecified atom stereocenters. The third kappa shape index (κ3) is 3.10. The third-order valence-electron chi connectivity index (χ3n) is 4.20. The van der Waals surface area contributed by atoms with Crippen molar-refractivity contribution in [3.63, 3.8) is 0 Å². The quantitative estimate of drug-likeness (QED) is 0.669. The van der Waals surface area contributed by atoms with Crippen LogP contribution in [0.1, 0.15) is 22.3 Å². The molecule has 2 aromatic rings. The number of nitrogens with zero attached hydrogens (tertiary/aromatic N) is 2. The Hall–Kier alpha value is -3.72. The van der Waals surface area contributed by atoms with Gasteiger partial charge < -0.3 is 0 Å². The number of benzene rings is 2. The van der Waals surface area contributed by atoms with Crippen LogP contribution >= 0.6 is 0 Å². The van der Waals surface area contributed by atoms with Crippen LogP contribution in [-0.2, 0) is 9.59 Å². The van der Waals surface area contributed by atoms with Crippen LogP contribution in [-0.4, -0.2) is 17.8 Å². The average Bonchev–Trinajstić information content (AvgIpc) is 2.62. The Morgan fingerprint density at radius 3 is 2.31 bits per heavy atom. The van der Waals surface area contributed by atoms with E-state index >= 15 is 0 Å². The molecule has 0 spiro atoms. The van der Waals surface area contributed by atoms with Crippen LogP contribution in [0.25, 0.3) is 6.08 Å². The van der Waals surface area contributed by atoms with Crippen molar-refractivity contribution in [2.75, 3.05) is 4.90 Å². The van der Waals surface area contributed by atoms with Crippen molar-refractivity contribution in [2.45, 2.75) is 13.8 Å². The first-order valence-corrected chi connectivity index (χ1v) is 7.89. The lowest BCUT2D eigenvalue weighted by Gasteiger charge is -2.26. The van der Waals surface area contributed by atoms with E-state index in [-0.39, 0.29) is 5.57 Å². The van der Waals surface area contributed by atoms with E-state index in [0.717, 1.165) is 16.0 Å². The number of barbiturate groups is 1. The maximum atomic E-state index is 12.8. The molecule has 0 saturated carbocycles. The highest BCUT2D eigenvalue weighted by atomic mass is 16.2. The number of carbonyl (C=O) groups excluding carboxylic acids is 3. The van der Waals surface area contributed by atoms with Crippen LogP contribution in [0.2, 0.25) is 0 Å². The fraction of sp³-hybridized carbons (Fsp3) is 0.100. The minimum atomic E-state index is -0.778. The second-order valence-electron chi connectivity index (χ2n) is 5.96. The zero-order chi connectivity index (χ0) is 18.8. The number of rotatable bonds is 2. The molecule has 1 saturated heterocycles. The monoisotopic (exact) mass is 345 g/mol. The zero-order valence-corrected chi connectivity index (χ0v) is 14.2. The van der Waals surface area contributed by atoms with Crippen LogP contribution in [0.4, 0.5) is 10.5 Å². The molecule has 4 amide bonds. The molecule has 3 rings (SSSR count). The van der Waals surface area contributed by atoms with E-state index in [1.807, 2.05) is 26.0 Å². The van der Waals surface area contributed by atoms with E-state index in [1.165, 1.54) is 6.08 Å². The van der Waals surface area contributed by atoms with E-state index in [9.17, 15) is 14.4 Å². The van der Waals surface area contributed by atoms with E-state index in [0.29, 0.717) is 16.8 Å². The van der Waals surface area contributed by atoms with Crippen LogP contribution in [0, 0.1) is 25.2 Å². The fourth-order valence-corrected chi connectivity index (χ4v) is 2.58. The molecule has 1 aliphatic heterocycles. The summed E-state index contributed by atoms with van der Waals surface area (Å²) >= 11 is 0. The molecular weight excluding hydrogens is 330 g/mol. The molecule has 1 fully saturated rings. The van der Waals surface area contributed by atoms with Gasteiger partial charge in [0.25, 0.3) is 11.8 Å². The van der Waals surface area contributed by atoms with Gasteiger partial charge in [0, 0.05) is 0 Å². The summed E-state index contributed by atoms with van der Waals surface area (Å²) in [5, 5.41) is 11.0. The van der Waals surface area contributed by atoms with Crippen LogP contribution < -0.4 is 10.2 Å². The number of anilines is 1. The Balaban J connectivity index is 2.00. The number of aryl methyl sites for hydroxylation is 2. The van der Waals surface area contributed by atoms with Gasteiger partial charge in [-0.25, -0.2) is 9.69 Å². The molecule has 128 valence electrons. The summed E-state index contributed by atoms with van der Waals surface area (Å²) in [4.78, 5) is 38.1. The van der Waals surface area contributed by atoms with Gasteiger partial charge in [-0.3, -0.25) is 14.9 Å². The highest BCUT2D eigenvalue weighted by molar-refractivity contribution is 6.39. The lowest BCUT2D eigenvalue weighted by molar-refractivity contribution is -0.122. The summed E-state index contributed by atoms with van der Waals surface area (Å²) in [6, 6.07) is 12.8. The molecule has 0 atom stereocenters. The van der Waals surface area contributed by atoms with E-state index in [1.54, 1.807) is 36.4 Å². The van der Waals surface area contributed by atoms with Crippen LogP contribution in [0.15, 0.2) is 48.0 Å². The molecule has 6 nitrogen and oxygen atoms in total. The first-order valence-electron chi connectivity index (χ1n) is 7.89. The fourth-order valence-electron chi connectivity index (χ4n) is 2.58. The van der Waals surface area contributed by atoms with Crippen LogP contribution in [0.3, 0.4) is 0 Å². The van der Waals surface area contributed by atoms with Gasteiger partial charge in [0.15, 0.2) is 0 Å². The lowest BCUT2D eigenvalue weighted by atomic mass is 10.0. The molecule has 1 N–H and O–H groups in total. The van der Waals surface area contributed by atoms with Crippen molar-refractivity contribution < 1.29 is 14.4 Å². The van der Waals surface area contributed by atoms with Gasteiger partial charge in [-0.1, -0.05) is 18.2 Å². The van der Waals surface area contributed by atoms with Gasteiger partial charge in [0.1, 0.15) is 5.57 Å². The van der Waals surface area contributed by atoms with Gasteiger partial charge in [-0.2, -0.15) is 5.26 Å². The molecule has 0 aliphatic carbocycles. The highest BCUT2D eigenvalue weighted by Crippen LogP contribution is 2.24. The van der Waals surface area contributed by atoms with Crippen molar-refractivity contribution in [3.8, 4) is 6.07 Å². The van der Waals surface area contributed by atoms with Gasteiger partial charge in [0.05, 0.1) is 17.3 Å². The molecule has 0 aromatic heterocycles. The van der Waals surface area contributed by atoms with E-state index in [2.05, 4.69) is 5.32 Å². The summed E-state index contributed by atoms with van der Waals surface area (Å²) in [5.74, 6) is -1.43. The van der Waals surface area contributed by atoms with Gasteiger partial charge in [0.2, 0.25) is 0 Å². The Morgan fingerprint density at radius 1 is 1.00 bits per heavy atom. The number of nitriles is 1. The normalized spacial score (nSPS) is 15.8. The van der Waals surface area contributed by atoms with Gasteiger partial charge >= 0.3 is 6.03 Å². The molecule has 1 heterocycles. The van der Waals surface area contributed by atoms with E-state index < -0.39 is 17.8 Å². The second kappa shape index (κ2) is 6.65. The average molecular weight is 345 g/mol. The minimum Gasteiger partial charge on any atom is -0.273 e. The molecule has 0 radical (unpaired) electrons. The Morgan fingerprint density at radius 2 is 1.69 bits per heavy atom. The first-order chi connectivity index (χ1) is 12.4. The minimum absolute atomic E-state index is 0.146. The summed E-state index contributed by atoms with van der Waals surface area (Å²) in [7, 11) is 0. The number of nitrogens with one attached hydrogen (secondary N) is 1. The highest BCUT2D eigenvalue weighted by Gasteiger charge is 2.36. The largest absolute Gasteiger partial charge is 0.335 e. The van der Waals surface area contributed by atoms with Crippen molar-refractivity contribution in [2.24, 2.45) is 0 Å². The van der Waals surface area contributed by atoms with Crippen molar-refractivity contribution in [1.82, 2.24) is 5.32 Å². The van der Waals surface area contributed by atoms with Gasteiger partial charge in [-0.15, -0.1) is 0 Å². The van der Waals surface area contributed by atoms with Crippen molar-refractivity contribution in [1.29, 1.82) is 5.26 Å². The summed E-state index contributed by atoms with van der Waals surface area (Å²) < 4.78 is 0. The number of carbonyl (C=O) groups is 3. The Labute approximate surface area is 150 Å². The molecule has 26 heavy (non-hydrogen) atoms. The molecule has 2 aromatic carbocycles. The number of urea groups is 1. The number of hydrogen-bond acceptors (Lipinski definition) is 4. The molecule has 6 heteroatoms. The number of imide groups is 2. The maximum absolute atomic E-state index is 12.8. The maximum Gasteiger partial charge on any atom is 0.335 e. The summed E-state index contributed by atoms with van der Waals surface area (Å²) in [5.41, 5.74) is 3.26. The lowest BCUT2D eigenvalue weighted by Crippen LogP contribution is -2.54. The third-order valence-corrected chi connectivity index (χ3v) is 4.20. The first kappa shape index (κ1) is 17.1. The standard InChI is InChI=1S/C20H15N3O3/c1-12-3-8-16(9-13(12)2)23-19(25)17(18(24)22-20(23)26)10-14-4-6-15(11-21)7-5-14/h3-10H,1-2H3,(H,22,24,26)/b17-10+. The molecular formula is C20H15N3O3. The predicted octanol–water partition coefficient (Wildman–Crippen LogP) is 2.84. The summed E-state index contributed by atoms with van der Waals surface area (Å²) in [6.07, 6.45) is 1.40. The number of amides is 4. The Kier molecular flexibility index (Phi) is 4.38. The van der Waals surface area contributed by atoms with Crippen molar-refractivity contribution >= 4 is 29.6 Å². The van der Waals surface area contributed by atoms with E-state index in [4.69, 9.17) is 5.26 Å².